The summed E-state index contributed by atoms with van der Waals surface area (Å²) >= 11 is 5.81. The van der Waals surface area contributed by atoms with Crippen LogP contribution in [0.3, 0.4) is 0 Å². The number of halogens is 1. The Morgan fingerprint density at radius 2 is 1.79 bits per heavy atom. The number of fused-ring (bicyclic) bond motifs is 2. The van der Waals surface area contributed by atoms with E-state index in [1.165, 1.54) is 32.1 Å². The predicted molar refractivity (Wildman–Crippen MR) is 78.5 cm³/mol. The van der Waals surface area contributed by atoms with Gasteiger partial charge in [-0.2, -0.15) is 0 Å². The fraction of sp³-hybridized carbons (Fsp3) is 0.733. The van der Waals surface area contributed by atoms with Crippen LogP contribution < -0.4 is 4.90 Å². The van der Waals surface area contributed by atoms with E-state index in [0.717, 1.165) is 5.82 Å². The van der Waals surface area contributed by atoms with E-state index >= 15 is 0 Å². The molecule has 3 rings (SSSR count). The Morgan fingerprint density at radius 3 is 2.32 bits per heavy atom. The molecule has 3 atom stereocenters. The Labute approximate surface area is 120 Å². The molecule has 1 heterocycles. The van der Waals surface area contributed by atoms with Crippen molar-refractivity contribution in [2.45, 2.75) is 52.0 Å². The number of nitrogens with zero attached hydrogens (tertiary/aromatic N) is 3. The highest BCUT2D eigenvalue weighted by Gasteiger charge is 2.49. The van der Waals surface area contributed by atoms with Crippen LogP contribution in [0.5, 0.6) is 0 Å². The van der Waals surface area contributed by atoms with Crippen LogP contribution >= 0.6 is 11.6 Å². The normalized spacial score (nSPS) is 37.4. The van der Waals surface area contributed by atoms with E-state index in [1.807, 2.05) is 12.1 Å². The minimum Gasteiger partial charge on any atom is -0.355 e. The van der Waals surface area contributed by atoms with Crippen LogP contribution in [0.15, 0.2) is 12.1 Å². The van der Waals surface area contributed by atoms with Gasteiger partial charge in [-0.25, -0.2) is 0 Å². The second-order valence-electron chi connectivity index (χ2n) is 7.19. The zero-order valence-corrected chi connectivity index (χ0v) is 12.7. The first kappa shape index (κ1) is 13.2. The third kappa shape index (κ3) is 2.45. The molecule has 2 fully saturated rings. The molecule has 104 valence electrons. The second kappa shape index (κ2) is 4.34. The molecule has 2 bridgehead atoms. The Balaban J connectivity index is 1.81. The van der Waals surface area contributed by atoms with Crippen molar-refractivity contribution in [3.63, 3.8) is 0 Å². The fourth-order valence-electron chi connectivity index (χ4n) is 4.33. The van der Waals surface area contributed by atoms with Gasteiger partial charge in [0.05, 0.1) is 0 Å². The average molecular weight is 280 g/mol. The molecule has 0 aliphatic heterocycles. The van der Waals surface area contributed by atoms with Gasteiger partial charge in [-0.1, -0.05) is 25.4 Å². The molecule has 0 aromatic carbocycles. The van der Waals surface area contributed by atoms with E-state index in [1.54, 1.807) is 0 Å². The van der Waals surface area contributed by atoms with Crippen LogP contribution in [-0.2, 0) is 0 Å². The number of anilines is 1. The SMILES string of the molecule is CN(c1ccc(Cl)nn1)[C@H]1C[C@]2(C)CC[C@](C)(C1)C2. The molecule has 1 aromatic rings. The van der Waals surface area contributed by atoms with Crippen molar-refractivity contribution in [1.82, 2.24) is 10.2 Å². The van der Waals surface area contributed by atoms with Crippen LogP contribution in [0.4, 0.5) is 5.82 Å². The van der Waals surface area contributed by atoms with Crippen molar-refractivity contribution in [2.24, 2.45) is 10.8 Å². The molecule has 2 aliphatic rings. The lowest BCUT2D eigenvalue weighted by Gasteiger charge is -2.44. The van der Waals surface area contributed by atoms with Gasteiger partial charge in [-0.15, -0.1) is 10.2 Å². The first-order valence-electron chi connectivity index (χ1n) is 7.11. The number of rotatable bonds is 2. The lowest BCUT2D eigenvalue weighted by molar-refractivity contribution is 0.148. The predicted octanol–water partition coefficient (Wildman–Crippen LogP) is 3.93. The quantitative estimate of drug-likeness (QED) is 0.821. The van der Waals surface area contributed by atoms with Gasteiger partial charge in [0.25, 0.3) is 0 Å². The van der Waals surface area contributed by atoms with E-state index in [4.69, 9.17) is 11.6 Å². The summed E-state index contributed by atoms with van der Waals surface area (Å²) in [4.78, 5) is 2.30. The van der Waals surface area contributed by atoms with Gasteiger partial charge in [0, 0.05) is 13.1 Å². The summed E-state index contributed by atoms with van der Waals surface area (Å²) in [6, 6.07) is 4.36. The topological polar surface area (TPSA) is 29.0 Å². The Morgan fingerprint density at radius 1 is 1.16 bits per heavy atom. The summed E-state index contributed by atoms with van der Waals surface area (Å²) in [6.45, 7) is 4.90. The van der Waals surface area contributed by atoms with Crippen molar-refractivity contribution in [2.75, 3.05) is 11.9 Å². The Bertz CT molecular complexity index is 457. The molecular formula is C15H22ClN3. The lowest BCUT2D eigenvalue weighted by Crippen LogP contribution is -2.42. The Kier molecular flexibility index (Phi) is 3.01. The molecule has 0 spiro atoms. The van der Waals surface area contributed by atoms with E-state index in [2.05, 4.69) is 36.0 Å². The molecule has 0 radical (unpaired) electrons. The minimum absolute atomic E-state index is 0.458. The highest BCUT2D eigenvalue weighted by molar-refractivity contribution is 6.29. The van der Waals surface area contributed by atoms with Crippen LogP contribution in [0, 0.1) is 10.8 Å². The summed E-state index contributed by atoms with van der Waals surface area (Å²) in [5, 5.41) is 8.63. The van der Waals surface area contributed by atoms with Gasteiger partial charge in [-0.3, -0.25) is 0 Å². The third-order valence-electron chi connectivity index (χ3n) is 5.17. The number of aromatic nitrogens is 2. The summed E-state index contributed by atoms with van der Waals surface area (Å²) < 4.78 is 0. The van der Waals surface area contributed by atoms with E-state index in [-0.39, 0.29) is 0 Å². The molecular weight excluding hydrogens is 258 g/mol. The first-order chi connectivity index (χ1) is 8.89. The zero-order chi connectivity index (χ0) is 13.7. The highest BCUT2D eigenvalue weighted by atomic mass is 35.5. The van der Waals surface area contributed by atoms with Gasteiger partial charge >= 0.3 is 0 Å². The molecule has 19 heavy (non-hydrogen) atoms. The molecule has 0 N–H and O–H groups in total. The molecule has 3 nitrogen and oxygen atoms in total. The van der Waals surface area contributed by atoms with Crippen LogP contribution in [0.1, 0.15) is 46.0 Å². The molecule has 0 saturated heterocycles. The monoisotopic (exact) mass is 279 g/mol. The van der Waals surface area contributed by atoms with E-state index < -0.39 is 0 Å². The standard InChI is InChI=1S/C15H22ClN3/c1-14-6-7-15(2,10-14)9-11(8-14)19(3)13-5-4-12(16)17-18-13/h4-5,11H,6-10H2,1-3H3/t11-,14-,15+. The summed E-state index contributed by atoms with van der Waals surface area (Å²) in [5.41, 5.74) is 1.04. The van der Waals surface area contributed by atoms with Gasteiger partial charge in [0.15, 0.2) is 11.0 Å². The van der Waals surface area contributed by atoms with Crippen LogP contribution in [-0.4, -0.2) is 23.3 Å². The van der Waals surface area contributed by atoms with Crippen molar-refractivity contribution < 1.29 is 0 Å². The molecule has 0 amide bonds. The average Bonchev–Trinajstić information content (AvgIpc) is 2.58. The maximum absolute atomic E-state index is 5.81. The van der Waals surface area contributed by atoms with Gasteiger partial charge in [0.2, 0.25) is 0 Å². The van der Waals surface area contributed by atoms with Crippen molar-refractivity contribution >= 4 is 17.4 Å². The minimum atomic E-state index is 0.458. The van der Waals surface area contributed by atoms with Gasteiger partial charge in [0.1, 0.15) is 0 Å². The van der Waals surface area contributed by atoms with Gasteiger partial charge < -0.3 is 4.90 Å². The smallest absolute Gasteiger partial charge is 0.151 e. The zero-order valence-electron chi connectivity index (χ0n) is 12.0. The summed E-state index contributed by atoms with van der Waals surface area (Å²) in [5.74, 6) is 0.933. The Hall–Kier alpha value is -0.830. The molecule has 0 unspecified atom stereocenters. The van der Waals surface area contributed by atoms with E-state index in [0.29, 0.717) is 22.0 Å². The maximum atomic E-state index is 5.81. The van der Waals surface area contributed by atoms with Crippen molar-refractivity contribution in [1.29, 1.82) is 0 Å². The number of hydrogen-bond acceptors (Lipinski definition) is 3. The maximum Gasteiger partial charge on any atom is 0.151 e. The number of hydrogen-bond donors (Lipinski definition) is 0. The summed E-state index contributed by atoms with van der Waals surface area (Å²) in [7, 11) is 2.14. The largest absolute Gasteiger partial charge is 0.355 e. The van der Waals surface area contributed by atoms with Crippen LogP contribution in [0.25, 0.3) is 0 Å². The second-order valence-corrected chi connectivity index (χ2v) is 7.57. The third-order valence-corrected chi connectivity index (χ3v) is 5.37. The lowest BCUT2D eigenvalue weighted by atomic mass is 9.68. The van der Waals surface area contributed by atoms with Gasteiger partial charge in [-0.05, 0) is 55.1 Å². The highest BCUT2D eigenvalue weighted by Crippen LogP contribution is 2.58. The van der Waals surface area contributed by atoms with Crippen LogP contribution in [0.2, 0.25) is 5.15 Å². The van der Waals surface area contributed by atoms with Crippen molar-refractivity contribution in [3.05, 3.63) is 17.3 Å². The first-order valence-corrected chi connectivity index (χ1v) is 7.49. The summed E-state index contributed by atoms with van der Waals surface area (Å²) in [6.07, 6.45) is 6.67. The molecule has 2 saturated carbocycles. The van der Waals surface area contributed by atoms with E-state index in [9.17, 15) is 0 Å². The molecule has 1 aromatic heterocycles. The van der Waals surface area contributed by atoms with Crippen molar-refractivity contribution in [3.8, 4) is 0 Å². The molecule has 4 heteroatoms. The fourth-order valence-corrected chi connectivity index (χ4v) is 4.43. The molecule has 2 aliphatic carbocycles.